The monoisotopic (exact) mass is 635 g/mol. The van der Waals surface area contributed by atoms with Gasteiger partial charge >= 0.3 is 6.18 Å². The molecule has 14 heteroatoms. The third kappa shape index (κ3) is 5.51. The molecule has 9 nitrogen and oxygen atoms in total. The Balaban J connectivity index is 1.85. The second-order valence-electron chi connectivity index (χ2n) is 11.1. The van der Waals surface area contributed by atoms with Gasteiger partial charge in [-0.15, -0.1) is 0 Å². The number of nitrogens with zero attached hydrogens (tertiary/aromatic N) is 6. The van der Waals surface area contributed by atoms with Crippen LogP contribution in [0.25, 0.3) is 22.2 Å². The van der Waals surface area contributed by atoms with Crippen LogP contribution in [0.15, 0.2) is 18.7 Å². The van der Waals surface area contributed by atoms with Crippen molar-refractivity contribution in [3.8, 4) is 17.0 Å². The average Bonchev–Trinajstić information content (AvgIpc) is 3.39. The van der Waals surface area contributed by atoms with E-state index in [0.29, 0.717) is 37.7 Å². The third-order valence-electron chi connectivity index (χ3n) is 8.23. The molecule has 2 aliphatic heterocycles. The molecule has 2 atom stereocenters. The average molecular weight is 636 g/mol. The number of halogens is 5. The summed E-state index contributed by atoms with van der Waals surface area (Å²) in [7, 11) is 1.91. The first-order chi connectivity index (χ1) is 20.8. The Kier molecular flexibility index (Phi) is 8.65. The van der Waals surface area contributed by atoms with Crippen LogP contribution in [-0.4, -0.2) is 76.5 Å². The second kappa shape index (κ2) is 12.0. The Hall–Kier alpha value is -3.71. The summed E-state index contributed by atoms with van der Waals surface area (Å²) in [5, 5.41) is -0.268. The molecule has 5 rings (SSSR count). The van der Waals surface area contributed by atoms with Crippen molar-refractivity contribution in [3.63, 3.8) is 0 Å². The summed E-state index contributed by atoms with van der Waals surface area (Å²) in [6.45, 7) is 10.3. The molecule has 0 aliphatic carbocycles. The number of hydrogen-bond acceptors (Lipinski definition) is 8. The number of anilines is 2. The van der Waals surface area contributed by atoms with Crippen molar-refractivity contribution in [3.05, 3.63) is 46.5 Å². The fourth-order valence-electron chi connectivity index (χ4n) is 6.19. The molecule has 1 aromatic carbocycles. The van der Waals surface area contributed by atoms with E-state index < -0.39 is 33.8 Å². The molecule has 1 amide bonds. The molecule has 0 saturated carbocycles. The first kappa shape index (κ1) is 31.7. The summed E-state index contributed by atoms with van der Waals surface area (Å²) < 4.78 is 66.0. The number of fused-ring (bicyclic) bond motifs is 1. The lowest BCUT2D eigenvalue weighted by atomic mass is 9.98. The highest BCUT2D eigenvalue weighted by atomic mass is 35.5. The highest BCUT2D eigenvalue weighted by Gasteiger charge is 2.40. The predicted octanol–water partition coefficient (Wildman–Crippen LogP) is 5.78. The molecule has 2 saturated heterocycles. The van der Waals surface area contributed by atoms with E-state index in [-0.39, 0.29) is 52.6 Å². The fraction of sp³-hybridized carbons (Fsp3) is 0.467. The summed E-state index contributed by atoms with van der Waals surface area (Å²) in [5.74, 6) is -0.935. The van der Waals surface area contributed by atoms with E-state index in [1.54, 1.807) is 11.8 Å². The largest absolute Gasteiger partial charge is 0.491 e. The van der Waals surface area contributed by atoms with Crippen LogP contribution in [0.3, 0.4) is 0 Å². The highest BCUT2D eigenvalue weighted by Crippen LogP contribution is 2.50. The molecule has 2 fully saturated rings. The van der Waals surface area contributed by atoms with Crippen LogP contribution in [0.4, 0.5) is 29.2 Å². The minimum absolute atomic E-state index is 0.0614. The summed E-state index contributed by atoms with van der Waals surface area (Å²) in [6.07, 6.45) is -2.05. The number of likely N-dealkylation sites (tertiary alicyclic amines) is 1. The number of carbonyl (C=O) groups excluding carboxylic acids is 1. The van der Waals surface area contributed by atoms with Crippen LogP contribution < -0.4 is 15.4 Å². The Morgan fingerprint density at radius 2 is 1.98 bits per heavy atom. The van der Waals surface area contributed by atoms with Gasteiger partial charge in [0.15, 0.2) is 11.6 Å². The normalized spacial score (nSPS) is 19.6. The highest BCUT2D eigenvalue weighted by molar-refractivity contribution is 6.36. The molecule has 2 aliphatic rings. The summed E-state index contributed by atoms with van der Waals surface area (Å²) >= 11 is 6.79. The van der Waals surface area contributed by atoms with Gasteiger partial charge in [-0.3, -0.25) is 9.69 Å². The molecular weight excluding hydrogens is 602 g/mol. The van der Waals surface area contributed by atoms with Crippen molar-refractivity contribution >= 4 is 40.0 Å². The van der Waals surface area contributed by atoms with Crippen LogP contribution in [0.5, 0.6) is 5.75 Å². The van der Waals surface area contributed by atoms with E-state index in [9.17, 15) is 18.0 Å². The number of carbonyl (C=O) groups is 1. The third-order valence-corrected chi connectivity index (χ3v) is 8.59. The van der Waals surface area contributed by atoms with E-state index in [1.807, 2.05) is 18.9 Å². The molecule has 44 heavy (non-hydrogen) atoms. The van der Waals surface area contributed by atoms with Crippen molar-refractivity contribution in [1.29, 1.82) is 0 Å². The van der Waals surface area contributed by atoms with Crippen molar-refractivity contribution in [1.82, 2.24) is 24.8 Å². The Morgan fingerprint density at radius 3 is 2.57 bits per heavy atom. The van der Waals surface area contributed by atoms with Gasteiger partial charge in [0.2, 0.25) is 5.91 Å². The number of pyridine rings is 1. The number of amides is 1. The molecular formula is C30H34ClF4N7O2. The van der Waals surface area contributed by atoms with Gasteiger partial charge in [-0.2, -0.15) is 13.2 Å². The topological polar surface area (TPSA) is 101 Å². The van der Waals surface area contributed by atoms with Crippen LogP contribution >= 0.6 is 11.6 Å². The van der Waals surface area contributed by atoms with Gasteiger partial charge in [-0.1, -0.05) is 18.2 Å². The lowest BCUT2D eigenvalue weighted by Crippen LogP contribution is -2.53. The van der Waals surface area contributed by atoms with E-state index >= 15 is 4.39 Å². The molecule has 0 bridgehead atoms. The van der Waals surface area contributed by atoms with E-state index in [4.69, 9.17) is 27.1 Å². The number of ether oxygens (including phenoxy) is 1. The van der Waals surface area contributed by atoms with E-state index in [1.165, 1.54) is 13.0 Å². The molecule has 2 unspecified atom stereocenters. The predicted molar refractivity (Wildman–Crippen MR) is 161 cm³/mol. The first-order valence-electron chi connectivity index (χ1n) is 14.4. The van der Waals surface area contributed by atoms with E-state index in [0.717, 1.165) is 19.0 Å². The Morgan fingerprint density at radius 1 is 1.25 bits per heavy atom. The lowest BCUT2D eigenvalue weighted by Gasteiger charge is -2.41. The van der Waals surface area contributed by atoms with Gasteiger partial charge in [0, 0.05) is 25.7 Å². The number of hydrogen-bond donors (Lipinski definition) is 1. The van der Waals surface area contributed by atoms with Gasteiger partial charge in [-0.05, 0) is 64.9 Å². The number of nitrogen functional groups attached to an aromatic ring is 1. The molecule has 2 aromatic heterocycles. The van der Waals surface area contributed by atoms with Crippen LogP contribution in [-0.2, 0) is 11.0 Å². The van der Waals surface area contributed by atoms with Gasteiger partial charge in [0.05, 0.1) is 39.9 Å². The molecule has 4 heterocycles. The smallest absolute Gasteiger partial charge is 0.418 e. The quantitative estimate of drug-likeness (QED) is 0.269. The standard InChI is InChI=1S/C30H34ClF4N7O2/c1-6-19(43)41-11-12-42(16(4)14-41)29-21-26(38-28(39-29)17-9-8-10-40(17)5)24(32)20(23(31)27(21)44-7-2)25-22(30(33,34)35)15(3)13-18(36)37-25/h6,13,16-17H,1,7-12,14H2,2-5H3,(H2,36,37). The van der Waals surface area contributed by atoms with Crippen molar-refractivity contribution < 1.29 is 27.1 Å². The molecule has 0 spiro atoms. The number of alkyl halides is 3. The fourth-order valence-corrected chi connectivity index (χ4v) is 6.51. The number of benzene rings is 1. The first-order valence-corrected chi connectivity index (χ1v) is 14.7. The zero-order valence-corrected chi connectivity index (χ0v) is 25.7. The summed E-state index contributed by atoms with van der Waals surface area (Å²) in [6, 6.07) is 0.560. The molecule has 3 aromatic rings. The molecule has 2 N–H and O–H groups in total. The number of aryl methyl sites for hydroxylation is 1. The van der Waals surface area contributed by atoms with E-state index in [2.05, 4.69) is 21.4 Å². The van der Waals surface area contributed by atoms with Gasteiger partial charge in [0.25, 0.3) is 0 Å². The van der Waals surface area contributed by atoms with Crippen molar-refractivity contribution in [2.75, 3.05) is 50.5 Å². The minimum atomic E-state index is -4.89. The second-order valence-corrected chi connectivity index (χ2v) is 11.5. The summed E-state index contributed by atoms with van der Waals surface area (Å²) in [4.78, 5) is 31.5. The lowest BCUT2D eigenvalue weighted by molar-refractivity contribution is -0.137. The van der Waals surface area contributed by atoms with Crippen LogP contribution in [0.1, 0.15) is 49.7 Å². The maximum atomic E-state index is 16.9. The maximum absolute atomic E-state index is 16.9. The molecule has 0 radical (unpaired) electrons. The Labute approximate surface area is 257 Å². The van der Waals surface area contributed by atoms with Crippen molar-refractivity contribution in [2.45, 2.75) is 51.9 Å². The number of nitrogens with two attached hydrogens (primary N) is 1. The zero-order valence-electron chi connectivity index (χ0n) is 24.9. The van der Waals surface area contributed by atoms with Gasteiger partial charge in [0.1, 0.15) is 23.0 Å². The zero-order chi connectivity index (χ0) is 32.1. The van der Waals surface area contributed by atoms with Crippen LogP contribution in [0, 0.1) is 12.7 Å². The minimum Gasteiger partial charge on any atom is -0.491 e. The van der Waals surface area contributed by atoms with Crippen LogP contribution in [0.2, 0.25) is 5.02 Å². The SMILES string of the molecule is C=CC(=O)N1CCN(c2nc(C3CCCN3C)nc3c(F)c(-c4nc(N)cc(C)c4C(F)(F)F)c(Cl)c(OCC)c23)C(C)C1. The van der Waals surface area contributed by atoms with Gasteiger partial charge in [-0.25, -0.2) is 19.3 Å². The molecule has 236 valence electrons. The Bertz CT molecular complexity index is 1630. The number of aromatic nitrogens is 3. The number of rotatable bonds is 6. The van der Waals surface area contributed by atoms with Crippen molar-refractivity contribution in [2.24, 2.45) is 0 Å². The summed E-state index contributed by atoms with van der Waals surface area (Å²) in [5.41, 5.74) is 2.90. The number of piperazine rings is 1. The van der Waals surface area contributed by atoms with Gasteiger partial charge < -0.3 is 20.3 Å². The maximum Gasteiger partial charge on any atom is 0.418 e.